The smallest absolute Gasteiger partial charge is 0.135 e. The molecule has 0 saturated heterocycles. The molecule has 0 aliphatic heterocycles. The molecule has 0 radical (unpaired) electrons. The van der Waals surface area contributed by atoms with Crippen molar-refractivity contribution >= 4 is 75.8 Å². The summed E-state index contributed by atoms with van der Waals surface area (Å²) in [6.45, 7) is 0. The Hall–Kier alpha value is -7.48. The molecular weight excluding hydrogens is 689 g/mol. The molecule has 0 saturated carbocycles. The lowest BCUT2D eigenvalue weighted by Gasteiger charge is -2.18. The van der Waals surface area contributed by atoms with Gasteiger partial charge in [-0.05, 0) is 141 Å². The van der Waals surface area contributed by atoms with E-state index < -0.39 is 135 Å². The van der Waals surface area contributed by atoms with Gasteiger partial charge in [-0.25, -0.2) is 0 Å². The normalized spacial score (nSPS) is 17.0. The van der Waals surface area contributed by atoms with Gasteiger partial charge in [0.05, 0.1) is 28.8 Å². The first kappa shape index (κ1) is 17.5. The van der Waals surface area contributed by atoms with Crippen molar-refractivity contribution in [2.75, 3.05) is 0 Å². The monoisotopic (exact) mass is 743 g/mol. The highest BCUT2D eigenvalue weighted by molar-refractivity contribution is 6.22. The molecule has 1 heterocycles. The zero-order valence-electron chi connectivity index (χ0n) is 50.4. The minimum absolute atomic E-state index is 0.00945. The highest BCUT2D eigenvalue weighted by Crippen LogP contribution is 2.45. The lowest BCUT2D eigenvalue weighted by molar-refractivity contribution is 0.669. The molecule has 57 heavy (non-hydrogen) atoms. The zero-order valence-corrected chi connectivity index (χ0v) is 29.4. The fourth-order valence-electron chi connectivity index (χ4n) is 7.75. The molecule has 1 nitrogen and oxygen atoms in total. The molecule has 0 unspecified atom stereocenters. The first-order chi connectivity index (χ1) is 37.0. The molecule has 0 bridgehead atoms. The number of fused-ring (bicyclic) bond motifs is 8. The van der Waals surface area contributed by atoms with Crippen LogP contribution in [0.3, 0.4) is 0 Å². The molecule has 0 spiro atoms. The van der Waals surface area contributed by atoms with Crippen LogP contribution < -0.4 is 0 Å². The third kappa shape index (κ3) is 5.10. The first-order valence-corrected chi connectivity index (χ1v) is 18.0. The number of benzene rings is 11. The van der Waals surface area contributed by atoms with E-state index in [9.17, 15) is 13.7 Å². The van der Waals surface area contributed by atoms with Crippen LogP contribution >= 0.6 is 0 Å². The van der Waals surface area contributed by atoms with Gasteiger partial charge in [-0.1, -0.05) is 163 Å². The summed E-state index contributed by atoms with van der Waals surface area (Å²) < 4.78 is 197. The van der Waals surface area contributed by atoms with Gasteiger partial charge in [0.2, 0.25) is 0 Å². The number of hydrogen-bond donors (Lipinski definition) is 0. The van der Waals surface area contributed by atoms with Crippen molar-refractivity contribution < 1.29 is 33.2 Å². The summed E-state index contributed by atoms with van der Waals surface area (Å²) in [6.07, 6.45) is 0. The Morgan fingerprint density at radius 3 is 1.65 bits per heavy atom. The van der Waals surface area contributed by atoms with Gasteiger partial charge < -0.3 is 4.42 Å². The summed E-state index contributed by atoms with van der Waals surface area (Å²) in [7, 11) is 0. The summed E-state index contributed by atoms with van der Waals surface area (Å²) in [5, 5.41) is 0.109. The van der Waals surface area contributed by atoms with Crippen molar-refractivity contribution in [3.05, 3.63) is 206 Å². The standard InChI is InChI=1S/C56H34O/c1-2-12-38-30-42(24-21-35(38)10-1)55-47-15-5-7-17-49(47)56(50-18-8-6-16-48(50)55)43-25-22-36-20-23-39(31-44(36)32-43)40-26-28-53-51(33-40)52-34-41(27-29-54(52)57-53)46-19-9-13-37-11-3-4-14-45(37)46/h1-34H/i1D,2D,5D,6D,7D,8D,10D,12D,15D,16D,17D,18D,21D,24D,26D,27D,28D,29D,30D,33D,34D. The number of furan rings is 1. The maximum absolute atomic E-state index is 9.71. The zero-order chi connectivity index (χ0) is 55.7. The van der Waals surface area contributed by atoms with Crippen LogP contribution in [0.5, 0.6) is 0 Å². The van der Waals surface area contributed by atoms with E-state index >= 15 is 0 Å². The van der Waals surface area contributed by atoms with Crippen LogP contribution in [0.15, 0.2) is 210 Å². The van der Waals surface area contributed by atoms with Gasteiger partial charge in [-0.3, -0.25) is 0 Å². The van der Waals surface area contributed by atoms with E-state index in [0.29, 0.717) is 16.3 Å². The van der Waals surface area contributed by atoms with Crippen LogP contribution in [0, 0.1) is 0 Å². The number of rotatable bonds is 4. The van der Waals surface area contributed by atoms with Crippen molar-refractivity contribution in [1.82, 2.24) is 0 Å². The molecule has 0 fully saturated rings. The van der Waals surface area contributed by atoms with Crippen LogP contribution in [0.25, 0.3) is 120 Å². The molecule has 0 aliphatic carbocycles. The van der Waals surface area contributed by atoms with Crippen molar-refractivity contribution in [3.8, 4) is 44.5 Å². The van der Waals surface area contributed by atoms with Crippen LogP contribution in [0.4, 0.5) is 0 Å². The highest BCUT2D eigenvalue weighted by atomic mass is 16.3. The Morgan fingerprint density at radius 2 is 0.895 bits per heavy atom. The topological polar surface area (TPSA) is 13.1 Å². The third-order valence-electron chi connectivity index (χ3n) is 10.4. The average molecular weight is 744 g/mol. The van der Waals surface area contributed by atoms with Crippen molar-refractivity contribution in [2.24, 2.45) is 0 Å². The second-order valence-electron chi connectivity index (χ2n) is 13.6. The highest BCUT2D eigenvalue weighted by Gasteiger charge is 2.18. The Morgan fingerprint density at radius 1 is 0.316 bits per heavy atom. The van der Waals surface area contributed by atoms with Gasteiger partial charge in [0.1, 0.15) is 11.2 Å². The van der Waals surface area contributed by atoms with Gasteiger partial charge >= 0.3 is 0 Å². The van der Waals surface area contributed by atoms with E-state index in [4.69, 9.17) is 19.5 Å². The molecule has 0 N–H and O–H groups in total. The van der Waals surface area contributed by atoms with Gasteiger partial charge in [0, 0.05) is 10.8 Å². The van der Waals surface area contributed by atoms with E-state index in [1.54, 1.807) is 48.5 Å². The second kappa shape index (κ2) is 12.5. The molecule has 1 heteroatoms. The summed E-state index contributed by atoms with van der Waals surface area (Å²) >= 11 is 0. The van der Waals surface area contributed by atoms with Crippen LogP contribution in [0.1, 0.15) is 28.8 Å². The molecular formula is C56H34O. The van der Waals surface area contributed by atoms with E-state index in [1.165, 1.54) is 0 Å². The quantitative estimate of drug-likeness (QED) is 0.164. The maximum atomic E-state index is 9.71. The predicted octanol–water partition coefficient (Wildman–Crippen LogP) is 16.0. The van der Waals surface area contributed by atoms with E-state index in [-0.39, 0.29) is 84.7 Å². The van der Waals surface area contributed by atoms with Crippen LogP contribution in [-0.4, -0.2) is 0 Å². The predicted molar refractivity (Wildman–Crippen MR) is 243 cm³/mol. The third-order valence-corrected chi connectivity index (χ3v) is 10.4. The Labute approximate surface area is 359 Å². The van der Waals surface area contributed by atoms with Crippen molar-refractivity contribution in [3.63, 3.8) is 0 Å². The minimum atomic E-state index is -0.809. The summed E-state index contributed by atoms with van der Waals surface area (Å²) in [5.74, 6) is 0. The fraction of sp³-hybridized carbons (Fsp3) is 0. The Balaban J connectivity index is 1.16. The minimum Gasteiger partial charge on any atom is -0.456 e. The first-order valence-electron chi connectivity index (χ1n) is 28.5. The van der Waals surface area contributed by atoms with E-state index in [0.717, 1.165) is 10.8 Å². The summed E-state index contributed by atoms with van der Waals surface area (Å²) in [5.41, 5.74) is -0.614. The summed E-state index contributed by atoms with van der Waals surface area (Å²) in [4.78, 5) is 0. The Bertz CT molecular complexity index is 4730. The lowest BCUT2D eigenvalue weighted by atomic mass is 9.85. The van der Waals surface area contributed by atoms with Crippen LogP contribution in [0.2, 0.25) is 0 Å². The van der Waals surface area contributed by atoms with Crippen molar-refractivity contribution in [1.29, 1.82) is 0 Å². The fourth-order valence-corrected chi connectivity index (χ4v) is 7.75. The van der Waals surface area contributed by atoms with Gasteiger partial charge in [-0.15, -0.1) is 0 Å². The molecule has 12 aromatic rings. The molecule has 0 atom stereocenters. The molecule has 0 aliphatic rings. The van der Waals surface area contributed by atoms with Gasteiger partial charge in [0.25, 0.3) is 0 Å². The van der Waals surface area contributed by atoms with Crippen molar-refractivity contribution in [2.45, 2.75) is 0 Å². The molecule has 11 aromatic carbocycles. The van der Waals surface area contributed by atoms with Crippen LogP contribution in [-0.2, 0) is 0 Å². The second-order valence-corrected chi connectivity index (χ2v) is 13.6. The van der Waals surface area contributed by atoms with E-state index in [1.807, 2.05) is 30.3 Å². The number of hydrogen-bond acceptors (Lipinski definition) is 1. The van der Waals surface area contributed by atoms with Gasteiger partial charge in [-0.2, -0.15) is 0 Å². The largest absolute Gasteiger partial charge is 0.456 e. The lowest BCUT2D eigenvalue weighted by Crippen LogP contribution is -1.91. The Kier molecular flexibility index (Phi) is 3.86. The maximum Gasteiger partial charge on any atom is 0.135 e. The van der Waals surface area contributed by atoms with E-state index in [2.05, 4.69) is 0 Å². The molecule has 0 amide bonds. The average Bonchev–Trinajstić information content (AvgIpc) is 4.02. The summed E-state index contributed by atoms with van der Waals surface area (Å²) in [6, 6.07) is 9.27. The molecule has 1 aromatic heterocycles. The SMILES string of the molecule is [2H]c1c(-c2ccc3ccc(-c4c5c([2H])c([2H])c([2H])c([2H])c5c(-c5c([2H])c([2H])c6c([2H])c([2H])c([2H])c([2H])c6c5[2H])c5c([2H])c([2H])c([2H])c([2H])c45)cc3c2)c([2H])c2c(oc3c([2H])c([2H])c(-c4cccc5ccccc45)c([2H])c32)c1[2H]. The molecule has 12 rings (SSSR count). The molecule has 264 valence electrons. The van der Waals surface area contributed by atoms with Gasteiger partial charge in [0.15, 0.2) is 0 Å².